The number of pyridine rings is 1. The van der Waals surface area contributed by atoms with Crippen molar-refractivity contribution in [1.82, 2.24) is 30.1 Å². The summed E-state index contributed by atoms with van der Waals surface area (Å²) in [5, 5.41) is 10.6. The molecule has 4 saturated heterocycles. The Balaban J connectivity index is 0.820. The molecular weight excluding hydrogens is 1010 g/mol. The maximum Gasteiger partial charge on any atom is 0.234 e. The van der Waals surface area contributed by atoms with E-state index in [0.29, 0.717) is 77.5 Å². The number of benzene rings is 3. The number of amides is 3. The third-order valence-electron chi connectivity index (χ3n) is 14.8. The van der Waals surface area contributed by atoms with Crippen LogP contribution in [0.3, 0.4) is 0 Å². The van der Waals surface area contributed by atoms with Gasteiger partial charge in [0.1, 0.15) is 30.3 Å². The van der Waals surface area contributed by atoms with E-state index in [1.165, 1.54) is 17.7 Å². The second-order valence-corrected chi connectivity index (χ2v) is 24.6. The zero-order chi connectivity index (χ0) is 51.2. The fourth-order valence-corrected chi connectivity index (χ4v) is 12.9. The van der Waals surface area contributed by atoms with Gasteiger partial charge in [-0.15, -0.1) is 0 Å². The van der Waals surface area contributed by atoms with E-state index in [2.05, 4.69) is 70.7 Å². The Hall–Kier alpha value is -5.71. The summed E-state index contributed by atoms with van der Waals surface area (Å²) in [6.07, 6.45) is 4.51. The first-order valence-electron chi connectivity index (χ1n) is 25.0. The molecule has 2 aromatic heterocycles. The van der Waals surface area contributed by atoms with Crippen LogP contribution in [0.15, 0.2) is 59.2 Å². The molecule has 6 heterocycles. The molecule has 3 N–H and O–H groups in total. The molecule has 2 unspecified atom stereocenters. The van der Waals surface area contributed by atoms with Crippen LogP contribution >= 0.6 is 23.1 Å². The van der Waals surface area contributed by atoms with Crippen LogP contribution in [0.4, 0.5) is 43.3 Å². The average molecular weight is 1070 g/mol. The molecule has 4 aliphatic heterocycles. The Kier molecular flexibility index (Phi) is 14.7. The summed E-state index contributed by atoms with van der Waals surface area (Å²) in [4.78, 5) is 61.2. The van der Waals surface area contributed by atoms with Gasteiger partial charge in [0.05, 0.1) is 39.8 Å². The first-order valence-corrected chi connectivity index (χ1v) is 28.4. The maximum absolute atomic E-state index is 15.5. The molecule has 3 aromatic carbocycles. The predicted octanol–water partition coefficient (Wildman–Crippen LogP) is 8.87. The van der Waals surface area contributed by atoms with Crippen LogP contribution in [0.2, 0.25) is 0 Å². The summed E-state index contributed by atoms with van der Waals surface area (Å²) in [7, 11) is -2.76. The minimum Gasteiger partial charge on any atom is -0.492 e. The summed E-state index contributed by atoms with van der Waals surface area (Å²) in [6, 6.07) is 14.9. The van der Waals surface area contributed by atoms with Crippen molar-refractivity contribution in [2.45, 2.75) is 78.7 Å². The van der Waals surface area contributed by atoms with Crippen molar-refractivity contribution in [1.29, 1.82) is 0 Å². The minimum atomic E-state index is -2.76. The van der Waals surface area contributed by atoms with Crippen LogP contribution in [-0.4, -0.2) is 121 Å². The normalized spacial score (nSPS) is 20.0. The molecule has 2 atom stereocenters. The highest BCUT2D eigenvalue weighted by molar-refractivity contribution is 9.10. The van der Waals surface area contributed by atoms with Gasteiger partial charge in [-0.2, -0.15) is 4.98 Å². The maximum atomic E-state index is 15.5. The summed E-state index contributed by atoms with van der Waals surface area (Å²) in [6.45, 7) is 19.4. The average Bonchev–Trinajstić information content (AvgIpc) is 3.67. The number of nitrogens with one attached hydrogen (secondary N) is 3. The lowest BCUT2D eigenvalue weighted by Crippen LogP contribution is -2.56. The van der Waals surface area contributed by atoms with Crippen molar-refractivity contribution in [2.75, 3.05) is 92.7 Å². The number of aromatic nitrogens is 3. The second kappa shape index (κ2) is 20.7. The van der Waals surface area contributed by atoms with Crippen molar-refractivity contribution in [3.8, 4) is 5.75 Å². The number of aryl methyl sites for hydroxylation is 2. The van der Waals surface area contributed by atoms with Crippen molar-refractivity contribution in [3.63, 3.8) is 0 Å². The quantitative estimate of drug-likeness (QED) is 0.0757. The Morgan fingerprint density at radius 1 is 0.917 bits per heavy atom. The Bertz CT molecular complexity index is 2950. The van der Waals surface area contributed by atoms with Crippen molar-refractivity contribution in [3.05, 3.63) is 87.7 Å². The fourth-order valence-electron chi connectivity index (χ4n) is 11.1. The third-order valence-corrected chi connectivity index (χ3v) is 17.0. The summed E-state index contributed by atoms with van der Waals surface area (Å²) in [5.74, 6) is -2.59. The number of rotatable bonds is 13. The topological polar surface area (TPSA) is 165 Å². The molecule has 0 aliphatic carbocycles. The van der Waals surface area contributed by atoms with E-state index in [0.717, 1.165) is 73.4 Å². The van der Waals surface area contributed by atoms with E-state index < -0.39 is 41.9 Å². The van der Waals surface area contributed by atoms with E-state index in [9.17, 15) is 18.9 Å². The number of piperidine rings is 2. The molecule has 4 aliphatic rings. The molecule has 0 bridgehead atoms. The largest absolute Gasteiger partial charge is 0.492 e. The van der Waals surface area contributed by atoms with Gasteiger partial charge < -0.3 is 34.6 Å². The zero-order valence-corrected chi connectivity index (χ0v) is 44.6. The Morgan fingerprint density at radius 3 is 2.31 bits per heavy atom. The number of piperazine rings is 1. The lowest BCUT2D eigenvalue weighted by atomic mass is 9.81. The standard InChI is InChI=1S/C53H64BrF2N10O5P/c1-8-32-24-43(60-52-57-28-38(54)49(62-52)59-42-14-13-41-35(11-10-31(3)58-41)48(42)72(6,7)70)45(71-9-2)27-44(32)64-18-16-33(17-19-64)63-20-22-65(23-21-63)51(69)37-29-66(30-53(37,4)5)34-25-39(55)47(40(56)26-34)36-12-15-46(67)61-50(36)68/h10-11,13-14,24-28,33,36-37H,8-9,12,15-23,29-30H2,1-7H3,(H,61,67,68)(H2,57,59,60,62). The highest BCUT2D eigenvalue weighted by Crippen LogP contribution is 2.44. The molecular formula is C53H64BrF2N10O5P. The number of hydrogen-bond acceptors (Lipinski definition) is 13. The molecule has 5 aromatic rings. The molecule has 0 radical (unpaired) electrons. The molecule has 72 heavy (non-hydrogen) atoms. The number of halogens is 3. The minimum absolute atomic E-state index is 0.0205. The highest BCUT2D eigenvalue weighted by Gasteiger charge is 2.46. The van der Waals surface area contributed by atoms with E-state index >= 15 is 8.78 Å². The predicted molar refractivity (Wildman–Crippen MR) is 283 cm³/mol. The number of hydrogen-bond donors (Lipinski definition) is 3. The van der Waals surface area contributed by atoms with E-state index in [1.54, 1.807) is 19.5 Å². The molecule has 3 amide bonds. The molecule has 15 nitrogen and oxygen atoms in total. The van der Waals surface area contributed by atoms with Gasteiger partial charge in [0, 0.05) is 110 Å². The van der Waals surface area contributed by atoms with Gasteiger partial charge in [-0.25, -0.2) is 13.8 Å². The van der Waals surface area contributed by atoms with E-state index in [-0.39, 0.29) is 30.2 Å². The van der Waals surface area contributed by atoms with Gasteiger partial charge in [0.15, 0.2) is 0 Å². The number of imide groups is 1. The first kappa shape index (κ1) is 51.2. The summed E-state index contributed by atoms with van der Waals surface area (Å²) in [5.41, 5.74) is 4.99. The van der Waals surface area contributed by atoms with Crippen molar-refractivity contribution in [2.24, 2.45) is 11.3 Å². The SMILES string of the molecule is CCOc1cc(N2CCC(N3CCN(C(=O)C4CN(c5cc(F)c(C6CCC(=O)NC6=O)c(F)c5)CC4(C)C)CC3)CC2)c(CC)cc1Nc1ncc(Br)c(Nc2ccc3nc(C)ccc3c2P(C)(C)=O)n1. The van der Waals surface area contributed by atoms with Gasteiger partial charge in [-0.3, -0.25) is 29.6 Å². The van der Waals surface area contributed by atoms with Crippen molar-refractivity contribution < 1.29 is 32.5 Å². The van der Waals surface area contributed by atoms with Gasteiger partial charge in [-0.1, -0.05) is 26.8 Å². The summed E-state index contributed by atoms with van der Waals surface area (Å²) >= 11 is 3.62. The van der Waals surface area contributed by atoms with Crippen molar-refractivity contribution >= 4 is 91.5 Å². The summed E-state index contributed by atoms with van der Waals surface area (Å²) < 4.78 is 51.6. The number of carbonyl (C=O) groups excluding carboxylic acids is 3. The van der Waals surface area contributed by atoms with Crippen LogP contribution in [0.5, 0.6) is 5.75 Å². The molecule has 0 spiro atoms. The lowest BCUT2D eigenvalue weighted by Gasteiger charge is -2.44. The highest BCUT2D eigenvalue weighted by atomic mass is 79.9. The fraction of sp³-hybridized carbons (Fsp3) is 0.472. The van der Waals surface area contributed by atoms with E-state index in [4.69, 9.17) is 9.72 Å². The van der Waals surface area contributed by atoms with Gasteiger partial charge in [-0.05, 0) is 116 Å². The number of carbonyl (C=O) groups is 3. The van der Waals surface area contributed by atoms with Gasteiger partial charge >= 0.3 is 0 Å². The monoisotopic (exact) mass is 1070 g/mol. The van der Waals surface area contributed by atoms with Crippen LogP contribution in [0, 0.1) is 29.9 Å². The molecule has 4 fully saturated rings. The number of fused-ring (bicyclic) bond motifs is 1. The number of ether oxygens (including phenoxy) is 1. The molecule has 382 valence electrons. The van der Waals surface area contributed by atoms with Gasteiger partial charge in [0.2, 0.25) is 23.7 Å². The van der Waals surface area contributed by atoms with Crippen LogP contribution in [0.25, 0.3) is 10.9 Å². The van der Waals surface area contributed by atoms with Crippen LogP contribution < -0.4 is 35.8 Å². The van der Waals surface area contributed by atoms with Crippen LogP contribution in [-0.2, 0) is 25.4 Å². The Morgan fingerprint density at radius 2 is 1.64 bits per heavy atom. The smallest absolute Gasteiger partial charge is 0.234 e. The first-order chi connectivity index (χ1) is 34.3. The van der Waals surface area contributed by atoms with Crippen LogP contribution in [0.1, 0.15) is 76.1 Å². The molecule has 0 saturated carbocycles. The number of anilines is 6. The second-order valence-electron chi connectivity index (χ2n) is 20.6. The lowest BCUT2D eigenvalue weighted by molar-refractivity contribution is -0.140. The number of nitrogens with zero attached hydrogens (tertiary/aromatic N) is 7. The zero-order valence-electron chi connectivity index (χ0n) is 42.1. The Labute approximate surface area is 428 Å². The molecule has 19 heteroatoms. The third kappa shape index (κ3) is 10.5. The van der Waals surface area contributed by atoms with E-state index in [1.807, 2.05) is 61.8 Å². The molecule has 9 rings (SSSR count). The van der Waals surface area contributed by atoms with Gasteiger partial charge in [0.25, 0.3) is 0 Å².